The SMILES string of the molecule is Cc1c(C#N)cnc(C(=O)Nc2ccc3c(c2)C(c2cnn(C4CCN(C)CC4)c2)=NC3)c1C. The number of benzene rings is 1. The zero-order valence-corrected chi connectivity index (χ0v) is 19.7. The Morgan fingerprint density at radius 3 is 2.74 bits per heavy atom. The number of rotatable bonds is 4. The third-order valence-electron chi connectivity index (χ3n) is 6.95. The van der Waals surface area contributed by atoms with Crippen molar-refractivity contribution in [3.05, 3.63) is 75.9 Å². The number of anilines is 1. The lowest BCUT2D eigenvalue weighted by Crippen LogP contribution is -2.31. The molecule has 4 heterocycles. The molecule has 0 bridgehead atoms. The van der Waals surface area contributed by atoms with E-state index in [1.54, 1.807) is 0 Å². The monoisotopic (exact) mass is 453 g/mol. The third kappa shape index (κ3) is 3.99. The van der Waals surface area contributed by atoms with Crippen molar-refractivity contribution >= 4 is 17.3 Å². The molecule has 1 N–H and O–H groups in total. The summed E-state index contributed by atoms with van der Waals surface area (Å²) in [5, 5.41) is 16.8. The van der Waals surface area contributed by atoms with Gasteiger partial charge in [0, 0.05) is 29.2 Å². The minimum Gasteiger partial charge on any atom is -0.321 e. The van der Waals surface area contributed by atoms with Crippen molar-refractivity contribution in [3.63, 3.8) is 0 Å². The van der Waals surface area contributed by atoms with Gasteiger partial charge in [-0.3, -0.25) is 14.5 Å². The van der Waals surface area contributed by atoms with Crippen LogP contribution >= 0.6 is 0 Å². The molecule has 8 nitrogen and oxygen atoms in total. The van der Waals surface area contributed by atoms with Crippen LogP contribution in [-0.4, -0.2) is 51.4 Å². The highest BCUT2D eigenvalue weighted by Gasteiger charge is 2.23. The van der Waals surface area contributed by atoms with Gasteiger partial charge in [0.1, 0.15) is 11.8 Å². The first-order chi connectivity index (χ1) is 16.4. The number of carbonyl (C=O) groups excluding carboxylic acids is 1. The molecule has 1 fully saturated rings. The number of carbonyl (C=O) groups is 1. The summed E-state index contributed by atoms with van der Waals surface area (Å²) in [7, 11) is 2.16. The largest absolute Gasteiger partial charge is 0.321 e. The molecule has 172 valence electrons. The number of fused-ring (bicyclic) bond motifs is 1. The van der Waals surface area contributed by atoms with Gasteiger partial charge in [0.15, 0.2) is 0 Å². The van der Waals surface area contributed by atoms with Crippen molar-refractivity contribution in [2.24, 2.45) is 4.99 Å². The van der Waals surface area contributed by atoms with Gasteiger partial charge in [-0.2, -0.15) is 10.4 Å². The molecule has 2 aliphatic heterocycles. The summed E-state index contributed by atoms with van der Waals surface area (Å²) in [6, 6.07) is 8.40. The van der Waals surface area contributed by atoms with E-state index in [1.807, 2.05) is 38.2 Å². The number of likely N-dealkylation sites (tertiary alicyclic amines) is 1. The van der Waals surface area contributed by atoms with Crippen LogP contribution in [0.4, 0.5) is 5.69 Å². The Balaban J connectivity index is 1.36. The van der Waals surface area contributed by atoms with Gasteiger partial charge in [-0.15, -0.1) is 0 Å². The minimum atomic E-state index is -0.295. The van der Waals surface area contributed by atoms with Crippen LogP contribution in [0.5, 0.6) is 0 Å². The lowest BCUT2D eigenvalue weighted by atomic mass is 10.0. The highest BCUT2D eigenvalue weighted by molar-refractivity contribution is 6.15. The van der Waals surface area contributed by atoms with E-state index in [-0.39, 0.29) is 5.91 Å². The summed E-state index contributed by atoms with van der Waals surface area (Å²) < 4.78 is 2.08. The van der Waals surface area contributed by atoms with Crippen molar-refractivity contribution in [2.45, 2.75) is 39.3 Å². The van der Waals surface area contributed by atoms with E-state index >= 15 is 0 Å². The van der Waals surface area contributed by atoms with Crippen LogP contribution in [0, 0.1) is 25.2 Å². The summed E-state index contributed by atoms with van der Waals surface area (Å²) in [6.45, 7) is 6.43. The van der Waals surface area contributed by atoms with Crippen LogP contribution < -0.4 is 5.32 Å². The number of hydrogen-bond donors (Lipinski definition) is 1. The van der Waals surface area contributed by atoms with Gasteiger partial charge >= 0.3 is 0 Å². The van der Waals surface area contributed by atoms with Crippen LogP contribution in [-0.2, 0) is 6.54 Å². The number of aliphatic imine (C=N–C) groups is 1. The molecule has 1 saturated heterocycles. The Hall–Kier alpha value is -3.83. The molecule has 2 aromatic heterocycles. The van der Waals surface area contributed by atoms with Crippen LogP contribution in [0.2, 0.25) is 0 Å². The molecular formula is C26H27N7O. The molecule has 34 heavy (non-hydrogen) atoms. The van der Waals surface area contributed by atoms with Gasteiger partial charge in [-0.1, -0.05) is 6.07 Å². The summed E-state index contributed by atoms with van der Waals surface area (Å²) in [5.74, 6) is -0.295. The molecule has 8 heteroatoms. The minimum absolute atomic E-state index is 0.295. The number of pyridine rings is 1. The normalized spacial score (nSPS) is 16.1. The molecular weight excluding hydrogens is 426 g/mol. The molecule has 0 atom stereocenters. The van der Waals surface area contributed by atoms with Gasteiger partial charge in [0.25, 0.3) is 5.91 Å². The van der Waals surface area contributed by atoms with Crippen molar-refractivity contribution in [3.8, 4) is 6.07 Å². The highest BCUT2D eigenvalue weighted by atomic mass is 16.1. The second-order valence-electron chi connectivity index (χ2n) is 9.12. The Labute approximate surface area is 198 Å². The molecule has 0 unspecified atom stereocenters. The summed E-state index contributed by atoms with van der Waals surface area (Å²) in [4.78, 5) is 24.3. The van der Waals surface area contributed by atoms with E-state index in [2.05, 4.69) is 44.3 Å². The highest BCUT2D eigenvalue weighted by Crippen LogP contribution is 2.28. The maximum absolute atomic E-state index is 12.9. The molecule has 1 aromatic carbocycles. The van der Waals surface area contributed by atoms with Crippen molar-refractivity contribution < 1.29 is 4.79 Å². The standard InChI is InChI=1S/C26H27N7O/c1-16-17(2)24(28-13-19(16)11-27)26(34)31-21-5-4-18-12-29-25(23(18)10-21)20-14-30-33(15-20)22-6-8-32(3)9-7-22/h4-5,10,13-15,22H,6-9,12H2,1-3H3,(H,31,34). The fourth-order valence-corrected chi connectivity index (χ4v) is 4.66. The Kier molecular flexibility index (Phi) is 5.72. The van der Waals surface area contributed by atoms with Crippen LogP contribution in [0.25, 0.3) is 0 Å². The molecule has 2 aliphatic rings. The predicted octanol–water partition coefficient (Wildman–Crippen LogP) is 3.64. The molecule has 5 rings (SSSR count). The van der Waals surface area contributed by atoms with E-state index < -0.39 is 0 Å². The molecule has 1 amide bonds. The first-order valence-corrected chi connectivity index (χ1v) is 11.5. The summed E-state index contributed by atoms with van der Waals surface area (Å²) >= 11 is 0. The number of aromatic nitrogens is 3. The van der Waals surface area contributed by atoms with E-state index in [4.69, 9.17) is 4.99 Å². The van der Waals surface area contributed by atoms with E-state index in [0.29, 0.717) is 35.1 Å². The van der Waals surface area contributed by atoms with Gasteiger partial charge < -0.3 is 10.2 Å². The summed E-state index contributed by atoms with van der Waals surface area (Å²) in [6.07, 6.45) is 7.64. The topological polar surface area (TPSA) is 99.2 Å². The average Bonchev–Trinajstić information content (AvgIpc) is 3.48. The zero-order valence-electron chi connectivity index (χ0n) is 19.7. The maximum Gasteiger partial charge on any atom is 0.274 e. The van der Waals surface area contributed by atoms with E-state index in [9.17, 15) is 10.1 Å². The lowest BCUT2D eigenvalue weighted by molar-refractivity contribution is 0.102. The van der Waals surface area contributed by atoms with Gasteiger partial charge in [0.05, 0.1) is 30.1 Å². The second-order valence-corrected chi connectivity index (χ2v) is 9.12. The third-order valence-corrected chi connectivity index (χ3v) is 6.95. The van der Waals surface area contributed by atoms with Gasteiger partial charge in [-0.25, -0.2) is 4.98 Å². The fraction of sp³-hybridized carbons (Fsp3) is 0.346. The number of nitriles is 1. The summed E-state index contributed by atoms with van der Waals surface area (Å²) in [5.41, 5.74) is 7.02. The average molecular weight is 454 g/mol. The van der Waals surface area contributed by atoms with Gasteiger partial charge in [-0.05, 0) is 75.6 Å². The van der Waals surface area contributed by atoms with E-state index in [0.717, 1.165) is 53.9 Å². The predicted molar refractivity (Wildman–Crippen MR) is 130 cm³/mol. The molecule has 0 spiro atoms. The molecule has 3 aromatic rings. The number of piperidine rings is 1. The van der Waals surface area contributed by atoms with Crippen LogP contribution in [0.15, 0.2) is 41.8 Å². The quantitative estimate of drug-likeness (QED) is 0.650. The molecule has 0 radical (unpaired) electrons. The Morgan fingerprint density at radius 1 is 1.18 bits per heavy atom. The fourth-order valence-electron chi connectivity index (χ4n) is 4.66. The zero-order chi connectivity index (χ0) is 23.8. The lowest BCUT2D eigenvalue weighted by Gasteiger charge is -2.28. The number of nitrogens with one attached hydrogen (secondary N) is 1. The van der Waals surface area contributed by atoms with E-state index in [1.165, 1.54) is 6.20 Å². The number of amides is 1. The second kappa shape index (κ2) is 8.84. The van der Waals surface area contributed by atoms with Crippen LogP contribution in [0.3, 0.4) is 0 Å². The molecule has 0 aliphatic carbocycles. The smallest absolute Gasteiger partial charge is 0.274 e. The molecule has 0 saturated carbocycles. The first kappa shape index (κ1) is 22.0. The van der Waals surface area contributed by atoms with Crippen molar-refractivity contribution in [1.82, 2.24) is 19.7 Å². The Morgan fingerprint density at radius 2 is 1.97 bits per heavy atom. The number of hydrogen-bond acceptors (Lipinski definition) is 6. The Bertz CT molecular complexity index is 1340. The first-order valence-electron chi connectivity index (χ1n) is 11.5. The van der Waals surface area contributed by atoms with Crippen molar-refractivity contribution in [2.75, 3.05) is 25.5 Å². The van der Waals surface area contributed by atoms with Crippen molar-refractivity contribution in [1.29, 1.82) is 5.26 Å². The van der Waals surface area contributed by atoms with Crippen LogP contribution in [0.1, 0.15) is 62.8 Å². The maximum atomic E-state index is 12.9. The van der Waals surface area contributed by atoms with Gasteiger partial charge in [0.2, 0.25) is 0 Å². The number of nitrogens with zero attached hydrogens (tertiary/aromatic N) is 6.